The fourth-order valence-electron chi connectivity index (χ4n) is 1.46. The van der Waals surface area contributed by atoms with E-state index in [1.54, 1.807) is 19.2 Å². The van der Waals surface area contributed by atoms with Crippen molar-refractivity contribution in [2.75, 3.05) is 20.3 Å². The van der Waals surface area contributed by atoms with Gasteiger partial charge in [-0.15, -0.1) is 0 Å². The average Bonchev–Trinajstić information content (AvgIpc) is 2.38. The normalized spacial score (nSPS) is 12.2. The van der Waals surface area contributed by atoms with Crippen molar-refractivity contribution in [3.05, 3.63) is 29.6 Å². The van der Waals surface area contributed by atoms with Crippen molar-refractivity contribution in [1.82, 2.24) is 5.32 Å². The lowest BCUT2D eigenvalue weighted by molar-refractivity contribution is -0.124. The highest BCUT2D eigenvalue weighted by Gasteiger charge is 2.16. The van der Waals surface area contributed by atoms with Gasteiger partial charge in [-0.25, -0.2) is 4.39 Å². The number of hydrogen-bond acceptors (Lipinski definition) is 4. The lowest BCUT2D eigenvalue weighted by Crippen LogP contribution is -2.31. The van der Waals surface area contributed by atoms with Crippen molar-refractivity contribution in [3.8, 4) is 5.75 Å². The highest BCUT2D eigenvalue weighted by Crippen LogP contribution is 2.23. The third-order valence-electron chi connectivity index (χ3n) is 2.54. The number of amides is 1. The highest BCUT2D eigenvalue weighted by molar-refractivity contribution is 5.78. The maximum absolute atomic E-state index is 13.7. The van der Waals surface area contributed by atoms with Gasteiger partial charge in [-0.05, 0) is 13.0 Å². The molecule has 0 spiro atoms. The van der Waals surface area contributed by atoms with Crippen molar-refractivity contribution in [3.63, 3.8) is 0 Å². The molecule has 1 unspecified atom stereocenters. The fourth-order valence-corrected chi connectivity index (χ4v) is 1.46. The minimum Gasteiger partial charge on any atom is -0.477 e. The smallest absolute Gasteiger partial charge is 0.258 e. The lowest BCUT2D eigenvalue weighted by Gasteiger charge is -2.16. The summed E-state index contributed by atoms with van der Waals surface area (Å²) in [6.07, 6.45) is -0.880. The minimum absolute atomic E-state index is 0.0544. The van der Waals surface area contributed by atoms with Crippen molar-refractivity contribution in [1.29, 1.82) is 0 Å². The van der Waals surface area contributed by atoms with Crippen LogP contribution in [0.25, 0.3) is 0 Å². The molecule has 1 atom stereocenters. The summed E-state index contributed by atoms with van der Waals surface area (Å²) in [5, 5.41) is 3.08. The molecule has 0 saturated carbocycles. The van der Waals surface area contributed by atoms with Crippen molar-refractivity contribution < 1.29 is 18.7 Å². The predicted octanol–water partition coefficient (Wildman–Crippen LogP) is 0.814. The Bertz CT molecular complexity index is 426. The number of ether oxygens (including phenoxy) is 2. The van der Waals surface area contributed by atoms with E-state index in [0.717, 1.165) is 0 Å². The van der Waals surface area contributed by atoms with Crippen LogP contribution in [0.5, 0.6) is 5.75 Å². The van der Waals surface area contributed by atoms with E-state index in [1.807, 2.05) is 0 Å². The van der Waals surface area contributed by atoms with Gasteiger partial charge in [0, 0.05) is 25.8 Å². The number of carbonyl (C=O) groups excluding carboxylic acids is 1. The van der Waals surface area contributed by atoms with Gasteiger partial charge in [-0.3, -0.25) is 4.79 Å². The third-order valence-corrected chi connectivity index (χ3v) is 2.54. The number of para-hydroxylation sites is 1. The Morgan fingerprint density at radius 1 is 1.53 bits per heavy atom. The summed E-state index contributed by atoms with van der Waals surface area (Å²) >= 11 is 0. The summed E-state index contributed by atoms with van der Waals surface area (Å²) in [6, 6.07) is 4.60. The fraction of sp³-hybridized carbons (Fsp3) is 0.462. The van der Waals surface area contributed by atoms with Crippen LogP contribution < -0.4 is 15.8 Å². The van der Waals surface area contributed by atoms with Crippen LogP contribution in [0.2, 0.25) is 0 Å². The number of primary amides is 1. The molecule has 3 N–H and O–H groups in total. The molecular weight excluding hydrogens is 251 g/mol. The molecule has 0 fully saturated rings. The van der Waals surface area contributed by atoms with Gasteiger partial charge in [0.1, 0.15) is 0 Å². The second-order valence-electron chi connectivity index (χ2n) is 4.06. The summed E-state index contributed by atoms with van der Waals surface area (Å²) < 4.78 is 23.9. The van der Waals surface area contributed by atoms with E-state index < -0.39 is 17.8 Å². The van der Waals surface area contributed by atoms with Gasteiger partial charge < -0.3 is 20.5 Å². The van der Waals surface area contributed by atoms with Gasteiger partial charge in [0.15, 0.2) is 17.7 Å². The highest BCUT2D eigenvalue weighted by atomic mass is 19.1. The summed E-state index contributed by atoms with van der Waals surface area (Å²) in [7, 11) is 1.60. The molecule has 0 radical (unpaired) electrons. The Labute approximate surface area is 111 Å². The number of carbonyl (C=O) groups is 1. The monoisotopic (exact) mass is 270 g/mol. The molecule has 1 aromatic carbocycles. The van der Waals surface area contributed by atoms with Gasteiger partial charge in [0.2, 0.25) is 0 Å². The van der Waals surface area contributed by atoms with E-state index >= 15 is 0 Å². The second kappa shape index (κ2) is 7.70. The Balaban J connectivity index is 2.74. The third kappa shape index (κ3) is 4.84. The van der Waals surface area contributed by atoms with Crippen LogP contribution in [-0.4, -0.2) is 32.3 Å². The van der Waals surface area contributed by atoms with Crippen LogP contribution in [0.15, 0.2) is 18.2 Å². The molecule has 1 aromatic rings. The summed E-state index contributed by atoms with van der Waals surface area (Å²) in [4.78, 5) is 11.0. The molecule has 0 bridgehead atoms. The molecular formula is C13H19FN2O3. The SMILES string of the molecule is COCCNCc1cccc(F)c1OC(C)C(N)=O. The molecule has 106 valence electrons. The quantitative estimate of drug-likeness (QED) is 0.686. The van der Waals surface area contributed by atoms with Crippen LogP contribution in [0.3, 0.4) is 0 Å². The summed E-state index contributed by atoms with van der Waals surface area (Å²) in [5.41, 5.74) is 5.73. The number of benzene rings is 1. The Morgan fingerprint density at radius 3 is 2.89 bits per heavy atom. The first kappa shape index (κ1) is 15.4. The second-order valence-corrected chi connectivity index (χ2v) is 4.06. The van der Waals surface area contributed by atoms with E-state index in [-0.39, 0.29) is 5.75 Å². The number of rotatable bonds is 8. The van der Waals surface area contributed by atoms with Crippen LogP contribution in [0.4, 0.5) is 4.39 Å². The van der Waals surface area contributed by atoms with Crippen molar-refractivity contribution in [2.45, 2.75) is 19.6 Å². The molecule has 0 aliphatic rings. The van der Waals surface area contributed by atoms with Crippen LogP contribution >= 0.6 is 0 Å². The van der Waals surface area contributed by atoms with Gasteiger partial charge >= 0.3 is 0 Å². The molecule has 0 aliphatic heterocycles. The average molecular weight is 270 g/mol. The molecule has 0 heterocycles. The Hall–Kier alpha value is -1.66. The van der Waals surface area contributed by atoms with Crippen molar-refractivity contribution >= 4 is 5.91 Å². The maximum Gasteiger partial charge on any atom is 0.258 e. The van der Waals surface area contributed by atoms with E-state index in [0.29, 0.717) is 25.3 Å². The molecule has 0 saturated heterocycles. The van der Waals surface area contributed by atoms with Crippen LogP contribution in [0, 0.1) is 5.82 Å². The van der Waals surface area contributed by atoms with E-state index in [9.17, 15) is 9.18 Å². The van der Waals surface area contributed by atoms with Gasteiger partial charge in [-0.2, -0.15) is 0 Å². The first-order valence-corrected chi connectivity index (χ1v) is 5.99. The van der Waals surface area contributed by atoms with E-state index in [4.69, 9.17) is 15.2 Å². The predicted molar refractivity (Wildman–Crippen MR) is 69.3 cm³/mol. The van der Waals surface area contributed by atoms with Gasteiger partial charge in [-0.1, -0.05) is 12.1 Å². The zero-order valence-electron chi connectivity index (χ0n) is 11.1. The number of halogens is 1. The largest absolute Gasteiger partial charge is 0.477 e. The van der Waals surface area contributed by atoms with Gasteiger partial charge in [0.25, 0.3) is 5.91 Å². The number of methoxy groups -OCH3 is 1. The van der Waals surface area contributed by atoms with Crippen LogP contribution in [0.1, 0.15) is 12.5 Å². The molecule has 6 heteroatoms. The number of nitrogens with two attached hydrogens (primary N) is 1. The standard InChI is InChI=1S/C13H19FN2O3/c1-9(13(15)17)19-12-10(4-3-5-11(12)14)8-16-6-7-18-2/h3-5,9,16H,6-8H2,1-2H3,(H2,15,17). The molecule has 19 heavy (non-hydrogen) atoms. The Kier molecular flexibility index (Phi) is 6.24. The number of nitrogens with one attached hydrogen (secondary N) is 1. The number of hydrogen-bond donors (Lipinski definition) is 2. The maximum atomic E-state index is 13.7. The minimum atomic E-state index is -0.880. The topological polar surface area (TPSA) is 73.6 Å². The zero-order valence-corrected chi connectivity index (χ0v) is 11.1. The van der Waals surface area contributed by atoms with Crippen molar-refractivity contribution in [2.24, 2.45) is 5.73 Å². The summed E-state index contributed by atoms with van der Waals surface area (Å²) in [6.45, 7) is 3.10. The summed E-state index contributed by atoms with van der Waals surface area (Å²) in [5.74, 6) is -1.10. The molecule has 1 rings (SSSR count). The van der Waals surface area contributed by atoms with Gasteiger partial charge in [0.05, 0.1) is 6.61 Å². The first-order chi connectivity index (χ1) is 9.06. The Morgan fingerprint density at radius 2 is 2.26 bits per heavy atom. The zero-order chi connectivity index (χ0) is 14.3. The van der Waals surface area contributed by atoms with E-state index in [2.05, 4.69) is 5.32 Å². The van der Waals surface area contributed by atoms with Crippen LogP contribution in [-0.2, 0) is 16.1 Å². The first-order valence-electron chi connectivity index (χ1n) is 5.99. The molecule has 5 nitrogen and oxygen atoms in total. The lowest BCUT2D eigenvalue weighted by atomic mass is 10.2. The molecule has 0 aliphatic carbocycles. The van der Waals surface area contributed by atoms with E-state index in [1.165, 1.54) is 13.0 Å². The molecule has 1 amide bonds. The molecule has 0 aromatic heterocycles.